The number of carboxylic acids is 1. The first-order valence-electron chi connectivity index (χ1n) is 12.9. The van der Waals surface area contributed by atoms with Crippen molar-refractivity contribution < 1.29 is 27.5 Å². The van der Waals surface area contributed by atoms with Gasteiger partial charge in [-0.1, -0.05) is 47.7 Å². The number of carbonyl (C=O) groups is 2. The van der Waals surface area contributed by atoms with E-state index in [0.29, 0.717) is 22.9 Å². The van der Waals surface area contributed by atoms with Crippen molar-refractivity contribution in [3.8, 4) is 5.82 Å². The molecule has 3 aromatic carbocycles. The third kappa shape index (κ3) is 5.64. The van der Waals surface area contributed by atoms with E-state index in [9.17, 15) is 27.5 Å². The number of aromatic carboxylic acids is 1. The average molecular weight is 591 g/mol. The molecule has 216 valence electrons. The molecule has 5 aromatic rings. The number of likely N-dealkylation sites (N-methyl/N-ethyl adjacent to an activating group) is 1. The summed E-state index contributed by atoms with van der Waals surface area (Å²) in [5.41, 5.74) is 1.63. The first-order valence-corrected chi connectivity index (χ1v) is 14.4. The smallest absolute Gasteiger partial charge is 0.340 e. The van der Waals surface area contributed by atoms with Gasteiger partial charge in [-0.2, -0.15) is 0 Å². The number of halogens is 1. The van der Waals surface area contributed by atoms with Crippen molar-refractivity contribution in [1.29, 1.82) is 0 Å². The second-order valence-corrected chi connectivity index (χ2v) is 11.4. The SMILES string of the molecule is CN(CCc1ccccc1F)C(=O)c1cccc(S(=O)(=O)NCc2cn(-c3c(C(=O)O)c4ccccc4n3C)nn2)c1. The molecular formula is C29H27FN6O5S. The van der Waals surface area contributed by atoms with Crippen LogP contribution in [0.3, 0.4) is 0 Å². The van der Waals surface area contributed by atoms with E-state index < -0.39 is 21.9 Å². The number of aromatic nitrogens is 4. The van der Waals surface area contributed by atoms with Crippen LogP contribution in [0.2, 0.25) is 0 Å². The second-order valence-electron chi connectivity index (χ2n) is 9.65. The minimum Gasteiger partial charge on any atom is -0.478 e. The summed E-state index contributed by atoms with van der Waals surface area (Å²) in [6.07, 6.45) is 1.76. The number of rotatable bonds is 10. The summed E-state index contributed by atoms with van der Waals surface area (Å²) in [6.45, 7) is 0.0142. The Bertz CT molecular complexity index is 1920. The van der Waals surface area contributed by atoms with Crippen LogP contribution < -0.4 is 4.72 Å². The molecule has 42 heavy (non-hydrogen) atoms. The van der Waals surface area contributed by atoms with Crippen LogP contribution in [-0.4, -0.2) is 63.5 Å². The van der Waals surface area contributed by atoms with Gasteiger partial charge in [0, 0.05) is 31.6 Å². The Balaban J connectivity index is 1.29. The van der Waals surface area contributed by atoms with Crippen molar-refractivity contribution in [3.63, 3.8) is 0 Å². The van der Waals surface area contributed by atoms with E-state index in [2.05, 4.69) is 15.0 Å². The fourth-order valence-electron chi connectivity index (χ4n) is 4.70. The van der Waals surface area contributed by atoms with Crippen molar-refractivity contribution in [2.45, 2.75) is 17.9 Å². The van der Waals surface area contributed by atoms with Crippen LogP contribution in [0.25, 0.3) is 16.7 Å². The maximum absolute atomic E-state index is 13.9. The molecular weight excluding hydrogens is 563 g/mol. The standard InChI is InChI=1S/C29H27FN6O5S/c1-34(15-14-19-8-3-5-12-24(19)30)28(37)20-9-7-10-22(16-20)42(40,41)31-17-21-18-36(33-32-21)27-26(29(38)39)23-11-4-6-13-25(23)35(27)2/h3-13,16,18,31H,14-15,17H2,1-2H3,(H,38,39). The zero-order chi connectivity index (χ0) is 30.0. The van der Waals surface area contributed by atoms with E-state index in [4.69, 9.17) is 0 Å². The molecule has 0 aliphatic rings. The summed E-state index contributed by atoms with van der Waals surface area (Å²) in [6, 6.07) is 19.0. The van der Waals surface area contributed by atoms with Crippen molar-refractivity contribution in [2.75, 3.05) is 13.6 Å². The largest absolute Gasteiger partial charge is 0.478 e. The van der Waals surface area contributed by atoms with Gasteiger partial charge in [-0.25, -0.2) is 27.0 Å². The number of carbonyl (C=O) groups excluding carboxylic acids is 1. The normalized spacial score (nSPS) is 11.6. The maximum Gasteiger partial charge on any atom is 0.340 e. The monoisotopic (exact) mass is 590 g/mol. The van der Waals surface area contributed by atoms with Gasteiger partial charge in [-0.05, 0) is 42.3 Å². The number of para-hydroxylation sites is 1. The number of nitrogens with one attached hydrogen (secondary N) is 1. The number of aryl methyl sites for hydroxylation is 1. The fraction of sp³-hybridized carbons (Fsp3) is 0.172. The van der Waals surface area contributed by atoms with E-state index in [1.54, 1.807) is 61.1 Å². The molecule has 0 bridgehead atoms. The van der Waals surface area contributed by atoms with Crippen LogP contribution in [-0.2, 0) is 30.0 Å². The van der Waals surface area contributed by atoms with Crippen molar-refractivity contribution in [3.05, 3.63) is 107 Å². The zero-order valence-electron chi connectivity index (χ0n) is 22.7. The Labute approximate surface area is 240 Å². The van der Waals surface area contributed by atoms with E-state index in [-0.39, 0.29) is 46.4 Å². The minimum atomic E-state index is -4.05. The first kappa shape index (κ1) is 28.6. The van der Waals surface area contributed by atoms with E-state index >= 15 is 0 Å². The summed E-state index contributed by atoms with van der Waals surface area (Å²) >= 11 is 0. The third-order valence-corrected chi connectivity index (χ3v) is 8.30. The lowest BCUT2D eigenvalue weighted by atomic mass is 10.1. The quantitative estimate of drug-likeness (QED) is 0.254. The molecule has 0 saturated carbocycles. The number of sulfonamides is 1. The molecule has 0 aliphatic carbocycles. The molecule has 0 saturated heterocycles. The maximum atomic E-state index is 13.9. The van der Waals surface area contributed by atoms with Crippen molar-refractivity contribution in [2.24, 2.45) is 7.05 Å². The van der Waals surface area contributed by atoms with Crippen LogP contribution in [0.15, 0.2) is 83.9 Å². The molecule has 0 unspecified atom stereocenters. The Hall–Kier alpha value is -4.88. The molecule has 1 amide bonds. The van der Waals surface area contributed by atoms with Gasteiger partial charge in [0.1, 0.15) is 11.4 Å². The highest BCUT2D eigenvalue weighted by Gasteiger charge is 2.24. The van der Waals surface area contributed by atoms with Crippen LogP contribution in [0.1, 0.15) is 32.0 Å². The van der Waals surface area contributed by atoms with E-state index in [0.717, 1.165) is 0 Å². The topological polar surface area (TPSA) is 139 Å². The van der Waals surface area contributed by atoms with E-state index in [1.165, 1.54) is 46.1 Å². The Morgan fingerprint density at radius 3 is 2.55 bits per heavy atom. The van der Waals surface area contributed by atoms with Gasteiger partial charge in [-0.15, -0.1) is 5.10 Å². The van der Waals surface area contributed by atoms with Gasteiger partial charge < -0.3 is 14.6 Å². The lowest BCUT2D eigenvalue weighted by Gasteiger charge is -2.18. The van der Waals surface area contributed by atoms with Gasteiger partial charge in [0.2, 0.25) is 10.0 Å². The third-order valence-electron chi connectivity index (χ3n) is 6.90. The average Bonchev–Trinajstić information content (AvgIpc) is 3.57. The minimum absolute atomic E-state index is 0.0467. The summed E-state index contributed by atoms with van der Waals surface area (Å²) in [4.78, 5) is 26.3. The highest BCUT2D eigenvalue weighted by atomic mass is 32.2. The first-order chi connectivity index (χ1) is 20.1. The zero-order valence-corrected chi connectivity index (χ0v) is 23.5. The number of carboxylic acid groups (broad SMARTS) is 1. The van der Waals surface area contributed by atoms with Gasteiger partial charge in [-0.3, -0.25) is 4.79 Å². The molecule has 2 aromatic heterocycles. The number of fused-ring (bicyclic) bond motifs is 1. The summed E-state index contributed by atoms with van der Waals surface area (Å²) in [5.74, 6) is -1.62. The Kier molecular flexibility index (Phi) is 7.87. The molecule has 2 N–H and O–H groups in total. The molecule has 13 heteroatoms. The van der Waals surface area contributed by atoms with Crippen LogP contribution in [0, 0.1) is 5.82 Å². The van der Waals surface area contributed by atoms with Crippen molar-refractivity contribution in [1.82, 2.24) is 29.2 Å². The summed E-state index contributed by atoms with van der Waals surface area (Å²) in [7, 11) is -0.778. The fourth-order valence-corrected chi connectivity index (χ4v) is 5.75. The van der Waals surface area contributed by atoms with E-state index in [1.807, 2.05) is 0 Å². The highest BCUT2D eigenvalue weighted by molar-refractivity contribution is 7.89. The Morgan fingerprint density at radius 2 is 1.79 bits per heavy atom. The lowest BCUT2D eigenvalue weighted by Crippen LogP contribution is -2.29. The predicted octanol–water partition coefficient (Wildman–Crippen LogP) is 3.39. The molecule has 5 rings (SSSR count). The molecule has 0 spiro atoms. The second kappa shape index (κ2) is 11.5. The summed E-state index contributed by atoms with van der Waals surface area (Å²) in [5, 5.41) is 18.4. The van der Waals surface area contributed by atoms with Gasteiger partial charge in [0.15, 0.2) is 5.82 Å². The van der Waals surface area contributed by atoms with Crippen LogP contribution in [0.5, 0.6) is 0 Å². The molecule has 0 radical (unpaired) electrons. The van der Waals surface area contributed by atoms with Gasteiger partial charge in [0.25, 0.3) is 5.91 Å². The van der Waals surface area contributed by atoms with Crippen molar-refractivity contribution >= 4 is 32.8 Å². The Morgan fingerprint density at radius 1 is 1.05 bits per heavy atom. The number of hydrogen-bond donors (Lipinski definition) is 2. The number of nitrogens with zero attached hydrogens (tertiary/aromatic N) is 5. The number of benzene rings is 3. The molecule has 0 atom stereocenters. The lowest BCUT2D eigenvalue weighted by molar-refractivity contribution is 0.0697. The van der Waals surface area contributed by atoms with Gasteiger partial charge in [0.05, 0.1) is 28.8 Å². The molecule has 0 fully saturated rings. The number of amides is 1. The van der Waals surface area contributed by atoms with Gasteiger partial charge >= 0.3 is 5.97 Å². The highest BCUT2D eigenvalue weighted by Crippen LogP contribution is 2.28. The molecule has 0 aliphatic heterocycles. The van der Waals surface area contributed by atoms with Crippen LogP contribution >= 0.6 is 0 Å². The molecule has 2 heterocycles. The molecule has 11 nitrogen and oxygen atoms in total. The predicted molar refractivity (Wildman–Crippen MR) is 152 cm³/mol. The number of hydrogen-bond acceptors (Lipinski definition) is 6. The van der Waals surface area contributed by atoms with Crippen LogP contribution in [0.4, 0.5) is 4.39 Å². The summed E-state index contributed by atoms with van der Waals surface area (Å²) < 4.78 is 45.5.